The molecule has 0 saturated heterocycles. The van der Waals surface area contributed by atoms with Crippen LogP contribution in [0.4, 0.5) is 0 Å². The molecule has 0 saturated carbocycles. The van der Waals surface area contributed by atoms with Gasteiger partial charge in [0.2, 0.25) is 0 Å². The highest BCUT2D eigenvalue weighted by Gasteiger charge is 2.12. The van der Waals surface area contributed by atoms with E-state index in [2.05, 4.69) is 14.7 Å². The number of carbonyl (C=O) groups excluding carboxylic acids is 1. The van der Waals surface area contributed by atoms with Crippen LogP contribution in [0.3, 0.4) is 0 Å². The average molecular weight is 298 g/mol. The van der Waals surface area contributed by atoms with Crippen LogP contribution in [0.25, 0.3) is 10.2 Å². The number of hydrogen-bond acceptors (Lipinski definition) is 6. The first-order valence-corrected chi connectivity index (χ1v) is 7.63. The van der Waals surface area contributed by atoms with E-state index in [-0.39, 0.29) is 17.3 Å². The molecule has 0 aliphatic rings. The van der Waals surface area contributed by atoms with Crippen molar-refractivity contribution in [1.82, 2.24) is 9.97 Å². The molecule has 2 heterocycles. The fourth-order valence-corrected chi connectivity index (χ4v) is 3.42. The van der Waals surface area contributed by atoms with E-state index in [1.54, 1.807) is 0 Å². The fourth-order valence-electron chi connectivity index (χ4n) is 1.66. The topological polar surface area (TPSA) is 72.0 Å². The largest absolute Gasteiger partial charge is 0.468 e. The molecule has 7 heteroatoms. The minimum atomic E-state index is -0.281. The molecule has 0 fully saturated rings. The summed E-state index contributed by atoms with van der Waals surface area (Å²) in [7, 11) is 1.35. The lowest BCUT2D eigenvalue weighted by Gasteiger charge is -2.01. The summed E-state index contributed by atoms with van der Waals surface area (Å²) in [6, 6.07) is 0. The van der Waals surface area contributed by atoms with Crippen molar-refractivity contribution in [2.24, 2.45) is 0 Å². The quantitative estimate of drug-likeness (QED) is 0.874. The zero-order valence-corrected chi connectivity index (χ0v) is 12.5. The average Bonchev–Trinajstić information content (AvgIpc) is 2.65. The fraction of sp³-hybridized carbons (Fsp3) is 0.417. The third kappa shape index (κ3) is 2.98. The Kier molecular flexibility index (Phi) is 4.26. The van der Waals surface area contributed by atoms with Crippen LogP contribution in [0.2, 0.25) is 0 Å². The Hall–Kier alpha value is -1.34. The van der Waals surface area contributed by atoms with E-state index in [0.29, 0.717) is 17.0 Å². The van der Waals surface area contributed by atoms with Crippen LogP contribution >= 0.6 is 23.1 Å². The third-order valence-corrected chi connectivity index (χ3v) is 4.79. The number of nitrogens with zero attached hydrogens (tertiary/aromatic N) is 1. The van der Waals surface area contributed by atoms with Gasteiger partial charge in [-0.1, -0.05) is 0 Å². The minimum absolute atomic E-state index is 0.111. The second-order valence-electron chi connectivity index (χ2n) is 4.04. The molecule has 0 unspecified atom stereocenters. The number of hydrogen-bond donors (Lipinski definition) is 1. The summed E-state index contributed by atoms with van der Waals surface area (Å²) in [5.74, 6) is 1.04. The van der Waals surface area contributed by atoms with E-state index in [4.69, 9.17) is 0 Å². The lowest BCUT2D eigenvalue weighted by atomic mass is 10.2. The zero-order valence-electron chi connectivity index (χ0n) is 10.9. The van der Waals surface area contributed by atoms with Crippen molar-refractivity contribution in [3.63, 3.8) is 0 Å². The number of methoxy groups -OCH3 is 1. The van der Waals surface area contributed by atoms with Crippen molar-refractivity contribution in [1.29, 1.82) is 0 Å². The molecule has 5 nitrogen and oxygen atoms in total. The van der Waals surface area contributed by atoms with Gasteiger partial charge >= 0.3 is 5.97 Å². The van der Waals surface area contributed by atoms with Crippen LogP contribution in [0.5, 0.6) is 0 Å². The molecule has 0 bridgehead atoms. The van der Waals surface area contributed by atoms with E-state index < -0.39 is 0 Å². The van der Waals surface area contributed by atoms with Crippen molar-refractivity contribution in [3.05, 3.63) is 26.6 Å². The Morgan fingerprint density at radius 2 is 2.21 bits per heavy atom. The van der Waals surface area contributed by atoms with Gasteiger partial charge in [-0.25, -0.2) is 4.98 Å². The Morgan fingerprint density at radius 1 is 1.47 bits per heavy atom. The maximum Gasteiger partial charge on any atom is 0.315 e. The number of ether oxygens (including phenoxy) is 1. The molecule has 2 aromatic heterocycles. The van der Waals surface area contributed by atoms with Gasteiger partial charge in [0.1, 0.15) is 10.7 Å². The number of thioether (sulfide) groups is 1. The van der Waals surface area contributed by atoms with Gasteiger partial charge in [-0.2, -0.15) is 0 Å². The number of carbonyl (C=O) groups is 1. The molecule has 0 aromatic carbocycles. The van der Waals surface area contributed by atoms with Crippen molar-refractivity contribution in [2.45, 2.75) is 19.6 Å². The second-order valence-corrected chi connectivity index (χ2v) is 6.23. The van der Waals surface area contributed by atoms with Gasteiger partial charge in [0.15, 0.2) is 0 Å². The maximum absolute atomic E-state index is 12.0. The number of rotatable bonds is 4. The van der Waals surface area contributed by atoms with Gasteiger partial charge in [-0.15, -0.1) is 23.1 Å². The van der Waals surface area contributed by atoms with Gasteiger partial charge in [0.25, 0.3) is 5.56 Å². The Bertz CT molecular complexity index is 675. The van der Waals surface area contributed by atoms with E-state index in [0.717, 1.165) is 15.3 Å². The normalized spacial score (nSPS) is 10.9. The van der Waals surface area contributed by atoms with E-state index >= 15 is 0 Å². The van der Waals surface area contributed by atoms with Crippen molar-refractivity contribution in [2.75, 3.05) is 12.9 Å². The number of aromatic amines is 1. The van der Waals surface area contributed by atoms with E-state index in [9.17, 15) is 9.59 Å². The van der Waals surface area contributed by atoms with Crippen LogP contribution in [0.15, 0.2) is 4.79 Å². The summed E-state index contributed by atoms with van der Waals surface area (Å²) in [6.07, 6.45) is 0. The van der Waals surface area contributed by atoms with Gasteiger partial charge in [-0.3, -0.25) is 9.59 Å². The van der Waals surface area contributed by atoms with Crippen LogP contribution in [-0.2, 0) is 15.3 Å². The number of thiophene rings is 1. The number of nitrogens with one attached hydrogen (secondary N) is 1. The molecule has 2 aromatic rings. The molecule has 0 amide bonds. The first-order chi connectivity index (χ1) is 9.02. The van der Waals surface area contributed by atoms with Gasteiger partial charge < -0.3 is 9.72 Å². The second kappa shape index (κ2) is 5.75. The molecular formula is C12H14N2O3S2. The Morgan fingerprint density at radius 3 is 2.89 bits per heavy atom. The smallest absolute Gasteiger partial charge is 0.315 e. The van der Waals surface area contributed by atoms with Crippen molar-refractivity contribution in [3.8, 4) is 0 Å². The van der Waals surface area contributed by atoms with Gasteiger partial charge in [-0.05, 0) is 19.4 Å². The van der Waals surface area contributed by atoms with Crippen LogP contribution in [0, 0.1) is 13.8 Å². The highest BCUT2D eigenvalue weighted by atomic mass is 32.2. The van der Waals surface area contributed by atoms with E-state index in [1.165, 1.54) is 30.2 Å². The Balaban J connectivity index is 2.22. The molecule has 2 rings (SSSR count). The lowest BCUT2D eigenvalue weighted by Crippen LogP contribution is -2.11. The molecule has 19 heavy (non-hydrogen) atoms. The first-order valence-electron chi connectivity index (χ1n) is 5.66. The zero-order chi connectivity index (χ0) is 14.0. The summed E-state index contributed by atoms with van der Waals surface area (Å²) in [5, 5.41) is 0.671. The number of aromatic nitrogens is 2. The summed E-state index contributed by atoms with van der Waals surface area (Å²) in [5.41, 5.74) is 0.878. The van der Waals surface area contributed by atoms with Crippen LogP contribution in [0.1, 0.15) is 16.3 Å². The highest BCUT2D eigenvalue weighted by molar-refractivity contribution is 7.99. The molecule has 0 aliphatic carbocycles. The molecule has 0 aliphatic heterocycles. The van der Waals surface area contributed by atoms with Crippen molar-refractivity contribution >= 4 is 39.3 Å². The number of H-pyrrole nitrogens is 1. The first kappa shape index (κ1) is 14.1. The SMILES string of the molecule is COC(=O)CSCc1nc2sc(C)c(C)c2c(=O)[nH]1. The van der Waals surface area contributed by atoms with E-state index in [1.807, 2.05) is 13.8 Å². The summed E-state index contributed by atoms with van der Waals surface area (Å²) in [4.78, 5) is 32.0. The highest BCUT2D eigenvalue weighted by Crippen LogP contribution is 2.26. The Labute approximate surface area is 118 Å². The molecule has 0 radical (unpaired) electrons. The number of aryl methyl sites for hydroxylation is 2. The summed E-state index contributed by atoms with van der Waals surface area (Å²) < 4.78 is 4.55. The van der Waals surface area contributed by atoms with Crippen molar-refractivity contribution < 1.29 is 9.53 Å². The predicted octanol–water partition coefficient (Wildman–Crippen LogP) is 2.01. The standard InChI is InChI=1S/C12H14N2O3S2/c1-6-7(2)19-12-10(6)11(16)13-8(14-12)4-18-5-9(15)17-3/h4-5H2,1-3H3,(H,13,14,16). The third-order valence-electron chi connectivity index (χ3n) is 2.77. The summed E-state index contributed by atoms with van der Waals surface area (Å²) in [6.45, 7) is 3.91. The summed E-state index contributed by atoms with van der Waals surface area (Å²) >= 11 is 2.88. The minimum Gasteiger partial charge on any atom is -0.468 e. The molecule has 0 atom stereocenters. The molecule has 0 spiro atoms. The predicted molar refractivity (Wildman–Crippen MR) is 77.9 cm³/mol. The molecule has 102 valence electrons. The lowest BCUT2D eigenvalue weighted by molar-refractivity contribution is -0.137. The van der Waals surface area contributed by atoms with Gasteiger partial charge in [0, 0.05) is 4.88 Å². The maximum atomic E-state index is 12.0. The molecule has 1 N–H and O–H groups in total. The van der Waals surface area contributed by atoms with Crippen LogP contribution in [-0.4, -0.2) is 28.8 Å². The molecular weight excluding hydrogens is 284 g/mol. The van der Waals surface area contributed by atoms with Gasteiger partial charge in [0.05, 0.1) is 24.0 Å². The monoisotopic (exact) mass is 298 g/mol. The number of fused-ring (bicyclic) bond motifs is 1. The van der Waals surface area contributed by atoms with Crippen LogP contribution < -0.4 is 5.56 Å². The number of esters is 1.